The quantitative estimate of drug-likeness (QED) is 0.341. The van der Waals surface area contributed by atoms with Crippen LogP contribution < -0.4 is 26.5 Å². The number of benzene rings is 4. The van der Waals surface area contributed by atoms with E-state index in [-0.39, 0.29) is 0 Å². The van der Waals surface area contributed by atoms with Gasteiger partial charge in [-0.05, 0) is 20.2 Å². The molecule has 0 amide bonds. The second-order valence-corrected chi connectivity index (χ2v) is 10.3. The molecule has 127 valence electrons. The number of rotatable bonds is 4. The van der Waals surface area contributed by atoms with E-state index in [1.54, 1.807) is 0 Å². The number of nitrogens with two attached hydrogens (primary N) is 1. The molecule has 0 fully saturated rings. The summed E-state index contributed by atoms with van der Waals surface area (Å²) in [6.45, 7) is 0. The molecule has 0 heterocycles. The molecule has 0 saturated heterocycles. The van der Waals surface area contributed by atoms with Crippen LogP contribution >= 0.6 is 0 Å². The first-order chi connectivity index (χ1) is 12.8. The highest BCUT2D eigenvalue weighted by atomic mass is 28.3. The topological polar surface area (TPSA) is 26.0 Å². The van der Waals surface area contributed by atoms with Crippen molar-refractivity contribution in [3.8, 4) is 0 Å². The Hall–Kier alpha value is -3.10. The Morgan fingerprint density at radius 2 is 0.692 bits per heavy atom. The lowest BCUT2D eigenvalue weighted by atomic mass is 10.3. The second-order valence-electron chi connectivity index (χ2n) is 6.47. The van der Waals surface area contributed by atoms with Crippen LogP contribution in [0, 0.1) is 0 Å². The summed E-state index contributed by atoms with van der Waals surface area (Å²) in [7, 11) is -2.38. The Labute approximate surface area is 155 Å². The summed E-state index contributed by atoms with van der Waals surface area (Å²) in [5, 5.41) is 5.47. The van der Waals surface area contributed by atoms with Gasteiger partial charge in [0.05, 0.1) is 0 Å². The van der Waals surface area contributed by atoms with E-state index < -0.39 is 8.07 Å². The van der Waals surface area contributed by atoms with E-state index in [1.165, 1.54) is 20.7 Å². The molecule has 0 unspecified atom stereocenters. The molecule has 4 aromatic rings. The largest absolute Gasteiger partial charge is 0.399 e. The number of hydrogen-bond acceptors (Lipinski definition) is 1. The maximum atomic E-state index is 6.00. The molecule has 0 bridgehead atoms. The molecule has 0 saturated carbocycles. The van der Waals surface area contributed by atoms with Crippen molar-refractivity contribution in [2.24, 2.45) is 0 Å². The average molecular weight is 352 g/mol. The van der Waals surface area contributed by atoms with Gasteiger partial charge in [0.2, 0.25) is 0 Å². The first kappa shape index (κ1) is 16.4. The molecule has 0 atom stereocenters. The molecule has 26 heavy (non-hydrogen) atoms. The Morgan fingerprint density at radius 3 is 1.04 bits per heavy atom. The highest BCUT2D eigenvalue weighted by Gasteiger charge is 2.27. The molecule has 0 aliphatic rings. The molecule has 0 aromatic heterocycles. The zero-order chi connectivity index (χ0) is 17.8. The van der Waals surface area contributed by atoms with Crippen LogP contribution in [0.3, 0.4) is 0 Å². The second kappa shape index (κ2) is 7.02. The van der Waals surface area contributed by atoms with Crippen molar-refractivity contribution in [1.82, 2.24) is 0 Å². The Bertz CT molecular complexity index is 868. The lowest BCUT2D eigenvalue weighted by molar-refractivity contribution is 1.66. The molecule has 0 spiro atoms. The third-order valence-corrected chi connectivity index (χ3v) is 9.76. The van der Waals surface area contributed by atoms with E-state index in [4.69, 9.17) is 5.73 Å². The number of hydrogen-bond donors (Lipinski definition) is 1. The van der Waals surface area contributed by atoms with Crippen molar-refractivity contribution >= 4 is 34.5 Å². The molecule has 2 N–H and O–H groups in total. The van der Waals surface area contributed by atoms with Crippen LogP contribution in [0.25, 0.3) is 0 Å². The molecule has 0 radical (unpaired) electrons. The predicted molar refractivity (Wildman–Crippen MR) is 114 cm³/mol. The average Bonchev–Trinajstić information content (AvgIpc) is 2.72. The van der Waals surface area contributed by atoms with Crippen LogP contribution in [0.2, 0.25) is 0 Å². The van der Waals surface area contributed by atoms with Crippen molar-refractivity contribution in [2.75, 3.05) is 5.73 Å². The summed E-state index contributed by atoms with van der Waals surface area (Å²) in [5.74, 6) is 0. The highest BCUT2D eigenvalue weighted by molar-refractivity contribution is 7.19. The van der Waals surface area contributed by atoms with E-state index in [1.807, 2.05) is 12.1 Å². The Kier molecular flexibility index (Phi) is 4.42. The third-order valence-electron chi connectivity index (χ3n) is 4.96. The van der Waals surface area contributed by atoms with Gasteiger partial charge in [0.15, 0.2) is 0 Å². The van der Waals surface area contributed by atoms with E-state index in [0.717, 1.165) is 5.69 Å². The molecule has 0 aliphatic heterocycles. The third kappa shape index (κ3) is 2.75. The molecular weight excluding hydrogens is 330 g/mol. The van der Waals surface area contributed by atoms with Gasteiger partial charge in [0.25, 0.3) is 0 Å². The Balaban J connectivity index is 2.12. The fraction of sp³-hybridized carbons (Fsp3) is 0. The normalized spacial score (nSPS) is 11.2. The van der Waals surface area contributed by atoms with Gasteiger partial charge in [-0.2, -0.15) is 20.7 Å². The van der Waals surface area contributed by atoms with Gasteiger partial charge in [0.1, 0.15) is 0 Å². The summed E-state index contributed by atoms with van der Waals surface area (Å²) in [6, 6.07) is 41.1. The SMILES string of the molecule is Nc1ccc([Si-](c2ccccc2)(c2ccccc2)c2ccccc2)cc1. The summed E-state index contributed by atoms with van der Waals surface area (Å²) in [4.78, 5) is 0. The predicted octanol–water partition coefficient (Wildman–Crippen LogP) is 2.65. The minimum atomic E-state index is -2.38. The van der Waals surface area contributed by atoms with Crippen molar-refractivity contribution in [1.29, 1.82) is 0 Å². The fourth-order valence-corrected chi connectivity index (χ4v) is 8.54. The van der Waals surface area contributed by atoms with Crippen LogP contribution in [-0.2, 0) is 0 Å². The Morgan fingerprint density at radius 1 is 0.385 bits per heavy atom. The molecule has 4 rings (SSSR count). The molecule has 1 nitrogen and oxygen atoms in total. The van der Waals surface area contributed by atoms with Gasteiger partial charge in [-0.25, -0.2) is 0 Å². The highest BCUT2D eigenvalue weighted by Crippen LogP contribution is 2.10. The molecule has 4 aromatic carbocycles. The summed E-state index contributed by atoms with van der Waals surface area (Å²) in [5.41, 5.74) is 6.80. The summed E-state index contributed by atoms with van der Waals surface area (Å²) in [6.07, 6.45) is 0. The molecule has 2 heteroatoms. The van der Waals surface area contributed by atoms with E-state index in [0.29, 0.717) is 0 Å². The number of anilines is 1. The van der Waals surface area contributed by atoms with Gasteiger partial charge in [-0.15, -0.1) is 0 Å². The maximum absolute atomic E-state index is 6.00. The maximum Gasteiger partial charge on any atom is 0.0311 e. The smallest absolute Gasteiger partial charge is 0.0311 e. The van der Waals surface area contributed by atoms with Gasteiger partial charge < -0.3 is 5.73 Å². The van der Waals surface area contributed by atoms with Crippen molar-refractivity contribution in [3.63, 3.8) is 0 Å². The molecule has 0 aliphatic carbocycles. The zero-order valence-electron chi connectivity index (χ0n) is 14.5. The van der Waals surface area contributed by atoms with Crippen LogP contribution in [0.1, 0.15) is 0 Å². The first-order valence-corrected chi connectivity index (χ1v) is 10.8. The van der Waals surface area contributed by atoms with Crippen LogP contribution in [0.15, 0.2) is 115 Å². The van der Waals surface area contributed by atoms with Gasteiger partial charge in [0, 0.05) is 5.69 Å². The van der Waals surface area contributed by atoms with Gasteiger partial charge >= 0.3 is 0 Å². The lowest BCUT2D eigenvalue weighted by Crippen LogP contribution is -2.74. The fourth-order valence-electron chi connectivity index (χ4n) is 3.80. The monoisotopic (exact) mass is 351 g/mol. The number of nitrogen functional groups attached to an aromatic ring is 1. The van der Waals surface area contributed by atoms with Crippen molar-refractivity contribution in [2.45, 2.75) is 0 Å². The van der Waals surface area contributed by atoms with Crippen molar-refractivity contribution < 1.29 is 0 Å². The minimum Gasteiger partial charge on any atom is -0.399 e. The standard InChI is InChI=1S/C24H21NSi/c25-20-16-18-24(19-17-20)26(21-10-4-1-5-11-21,22-12-6-2-7-13-22)23-14-8-3-9-15-23/h1-19H,25H2/q-1. The van der Waals surface area contributed by atoms with Crippen LogP contribution in [0.5, 0.6) is 0 Å². The summed E-state index contributed by atoms with van der Waals surface area (Å²) >= 11 is 0. The lowest BCUT2D eigenvalue weighted by Gasteiger charge is -2.47. The van der Waals surface area contributed by atoms with E-state index in [2.05, 4.69) is 103 Å². The molecular formula is C24H21NSi-. The van der Waals surface area contributed by atoms with E-state index >= 15 is 0 Å². The van der Waals surface area contributed by atoms with Gasteiger partial charge in [-0.1, -0.05) is 103 Å². The van der Waals surface area contributed by atoms with E-state index in [9.17, 15) is 0 Å². The van der Waals surface area contributed by atoms with Crippen LogP contribution in [0.4, 0.5) is 5.69 Å². The van der Waals surface area contributed by atoms with Crippen molar-refractivity contribution in [3.05, 3.63) is 115 Å². The minimum absolute atomic E-state index is 0.797. The van der Waals surface area contributed by atoms with Gasteiger partial charge in [-0.3, -0.25) is 0 Å². The first-order valence-electron chi connectivity index (χ1n) is 8.84. The summed E-state index contributed by atoms with van der Waals surface area (Å²) < 4.78 is 0. The zero-order valence-corrected chi connectivity index (χ0v) is 15.5. The van der Waals surface area contributed by atoms with Crippen LogP contribution in [-0.4, -0.2) is 8.07 Å².